The molecule has 0 bridgehead atoms. The zero-order chi connectivity index (χ0) is 13.1. The third-order valence-corrected chi connectivity index (χ3v) is 3.41. The number of hydrogen-bond acceptors (Lipinski definition) is 6. The lowest BCUT2D eigenvalue weighted by atomic mass is 10.2. The maximum Gasteiger partial charge on any atom is 0.339 e. The normalized spacial score (nSPS) is 10.3. The summed E-state index contributed by atoms with van der Waals surface area (Å²) in [5.41, 5.74) is 6.61. The van der Waals surface area contributed by atoms with Gasteiger partial charge in [-0.3, -0.25) is 0 Å². The lowest BCUT2D eigenvalue weighted by Crippen LogP contribution is -2.04. The highest BCUT2D eigenvalue weighted by atomic mass is 32.2. The van der Waals surface area contributed by atoms with E-state index >= 15 is 0 Å². The van der Waals surface area contributed by atoms with Crippen LogP contribution in [0.4, 0.5) is 5.69 Å². The lowest BCUT2D eigenvalue weighted by molar-refractivity contribution is 0.0597. The fourth-order valence-corrected chi connectivity index (χ4v) is 2.25. The van der Waals surface area contributed by atoms with Crippen LogP contribution in [0.2, 0.25) is 0 Å². The number of aromatic nitrogens is 3. The first-order valence-corrected chi connectivity index (χ1v) is 5.93. The highest BCUT2D eigenvalue weighted by molar-refractivity contribution is 7.99. The van der Waals surface area contributed by atoms with Crippen LogP contribution in [-0.2, 0) is 11.8 Å². The van der Waals surface area contributed by atoms with Crippen molar-refractivity contribution >= 4 is 23.4 Å². The Hall–Kier alpha value is -2.02. The fourth-order valence-electron chi connectivity index (χ4n) is 1.38. The number of benzene rings is 1. The number of ether oxygens (including phenoxy) is 1. The van der Waals surface area contributed by atoms with E-state index in [4.69, 9.17) is 10.5 Å². The van der Waals surface area contributed by atoms with Crippen molar-refractivity contribution in [2.24, 2.45) is 7.05 Å². The Kier molecular flexibility index (Phi) is 3.52. The molecule has 6 nitrogen and oxygen atoms in total. The van der Waals surface area contributed by atoms with Crippen LogP contribution >= 0.6 is 11.8 Å². The van der Waals surface area contributed by atoms with E-state index in [1.54, 1.807) is 29.9 Å². The minimum Gasteiger partial charge on any atom is -0.465 e. The van der Waals surface area contributed by atoms with Gasteiger partial charge in [0, 0.05) is 17.6 Å². The molecule has 0 amide bonds. The summed E-state index contributed by atoms with van der Waals surface area (Å²) in [5.74, 6) is -0.424. The van der Waals surface area contributed by atoms with Gasteiger partial charge in [-0.15, -0.1) is 0 Å². The summed E-state index contributed by atoms with van der Waals surface area (Å²) < 4.78 is 6.36. The number of carbonyl (C=O) groups is 1. The van der Waals surface area contributed by atoms with Gasteiger partial charge in [0.05, 0.1) is 12.7 Å². The maximum atomic E-state index is 11.7. The summed E-state index contributed by atoms with van der Waals surface area (Å²) in [6.45, 7) is 0. The molecule has 1 heterocycles. The van der Waals surface area contributed by atoms with Gasteiger partial charge in [0.1, 0.15) is 6.33 Å². The molecule has 0 spiro atoms. The van der Waals surface area contributed by atoms with Crippen LogP contribution < -0.4 is 5.73 Å². The molecule has 7 heteroatoms. The molecule has 1 aromatic carbocycles. The molecule has 0 aliphatic rings. The summed E-state index contributed by atoms with van der Waals surface area (Å²) in [4.78, 5) is 16.5. The Balaban J connectivity index is 2.38. The molecule has 0 saturated heterocycles. The number of esters is 1. The van der Waals surface area contributed by atoms with E-state index in [2.05, 4.69) is 10.1 Å². The largest absolute Gasteiger partial charge is 0.465 e. The minimum atomic E-state index is -0.424. The molecule has 0 aliphatic carbocycles. The highest BCUT2D eigenvalue weighted by Gasteiger charge is 2.15. The molecule has 0 atom stereocenters. The Morgan fingerprint density at radius 2 is 2.28 bits per heavy atom. The van der Waals surface area contributed by atoms with Gasteiger partial charge in [-0.2, -0.15) is 5.10 Å². The van der Waals surface area contributed by atoms with Crippen molar-refractivity contribution in [3.63, 3.8) is 0 Å². The number of anilines is 1. The third-order valence-electron chi connectivity index (χ3n) is 2.28. The Bertz CT molecular complexity index is 582. The van der Waals surface area contributed by atoms with Gasteiger partial charge in [-0.05, 0) is 30.0 Å². The van der Waals surface area contributed by atoms with Gasteiger partial charge in [0.2, 0.25) is 0 Å². The van der Waals surface area contributed by atoms with Crippen LogP contribution in [0.1, 0.15) is 10.4 Å². The molecular formula is C11H12N4O2S. The van der Waals surface area contributed by atoms with E-state index in [1.165, 1.54) is 25.2 Å². The summed E-state index contributed by atoms with van der Waals surface area (Å²) in [5, 5.41) is 4.65. The van der Waals surface area contributed by atoms with Crippen LogP contribution in [0.5, 0.6) is 0 Å². The smallest absolute Gasteiger partial charge is 0.339 e. The molecule has 0 fully saturated rings. The van der Waals surface area contributed by atoms with Gasteiger partial charge in [0.15, 0.2) is 5.16 Å². The van der Waals surface area contributed by atoms with Gasteiger partial charge in [-0.25, -0.2) is 14.5 Å². The molecule has 2 rings (SSSR count). The summed E-state index contributed by atoms with van der Waals surface area (Å²) in [6.07, 6.45) is 1.46. The number of methoxy groups -OCH3 is 1. The number of carbonyl (C=O) groups excluding carboxylic acids is 1. The molecule has 0 aliphatic heterocycles. The predicted octanol–water partition coefficient (Wildman–Crippen LogP) is 1.34. The fraction of sp³-hybridized carbons (Fsp3) is 0.182. The van der Waals surface area contributed by atoms with Crippen LogP contribution in [0.15, 0.2) is 34.6 Å². The van der Waals surface area contributed by atoms with Gasteiger partial charge >= 0.3 is 5.97 Å². The second kappa shape index (κ2) is 5.09. The van der Waals surface area contributed by atoms with E-state index in [0.717, 1.165) is 4.90 Å². The van der Waals surface area contributed by atoms with Crippen LogP contribution in [0.3, 0.4) is 0 Å². The van der Waals surface area contributed by atoms with E-state index in [0.29, 0.717) is 16.4 Å². The standard InChI is InChI=1S/C11H12N4O2S/c1-15-11(13-6-14-15)18-9-4-3-7(12)5-8(9)10(16)17-2/h3-6H,12H2,1-2H3. The minimum absolute atomic E-state index is 0.422. The average molecular weight is 264 g/mol. The van der Waals surface area contributed by atoms with E-state index in [-0.39, 0.29) is 0 Å². The topological polar surface area (TPSA) is 83.0 Å². The SMILES string of the molecule is COC(=O)c1cc(N)ccc1Sc1ncnn1C. The monoisotopic (exact) mass is 264 g/mol. The number of aryl methyl sites for hydroxylation is 1. The van der Waals surface area contributed by atoms with Crippen molar-refractivity contribution in [3.05, 3.63) is 30.1 Å². The molecular weight excluding hydrogens is 252 g/mol. The first kappa shape index (κ1) is 12.4. The molecule has 0 saturated carbocycles. The third kappa shape index (κ3) is 2.45. The Morgan fingerprint density at radius 1 is 1.50 bits per heavy atom. The summed E-state index contributed by atoms with van der Waals surface area (Å²) >= 11 is 1.33. The molecule has 18 heavy (non-hydrogen) atoms. The zero-order valence-electron chi connectivity index (χ0n) is 9.95. The number of nitrogens with two attached hydrogens (primary N) is 1. The summed E-state index contributed by atoms with van der Waals surface area (Å²) in [7, 11) is 3.12. The van der Waals surface area contributed by atoms with E-state index < -0.39 is 5.97 Å². The van der Waals surface area contributed by atoms with Crippen LogP contribution in [0, 0.1) is 0 Å². The first-order valence-electron chi connectivity index (χ1n) is 5.11. The number of nitrogen functional groups attached to an aromatic ring is 1. The number of hydrogen-bond donors (Lipinski definition) is 1. The second-order valence-electron chi connectivity index (χ2n) is 3.52. The molecule has 0 radical (unpaired) electrons. The van der Waals surface area contributed by atoms with E-state index in [1.807, 2.05) is 0 Å². The Labute approximate surface area is 108 Å². The second-order valence-corrected chi connectivity index (χ2v) is 4.52. The van der Waals surface area contributed by atoms with E-state index in [9.17, 15) is 4.79 Å². The molecule has 2 N–H and O–H groups in total. The summed E-state index contributed by atoms with van der Waals surface area (Å²) in [6, 6.07) is 5.08. The number of nitrogens with zero attached hydrogens (tertiary/aromatic N) is 3. The van der Waals surface area contributed by atoms with Crippen molar-refractivity contribution in [2.75, 3.05) is 12.8 Å². The lowest BCUT2D eigenvalue weighted by Gasteiger charge is -2.07. The van der Waals surface area contributed by atoms with Crippen molar-refractivity contribution < 1.29 is 9.53 Å². The Morgan fingerprint density at radius 3 is 2.89 bits per heavy atom. The van der Waals surface area contributed by atoms with Crippen molar-refractivity contribution in [1.82, 2.24) is 14.8 Å². The maximum absolute atomic E-state index is 11.7. The quantitative estimate of drug-likeness (QED) is 0.665. The van der Waals surface area contributed by atoms with Crippen molar-refractivity contribution in [2.45, 2.75) is 10.1 Å². The van der Waals surface area contributed by atoms with Crippen LogP contribution in [0.25, 0.3) is 0 Å². The molecule has 0 unspecified atom stereocenters. The van der Waals surface area contributed by atoms with Gasteiger partial charge < -0.3 is 10.5 Å². The van der Waals surface area contributed by atoms with Crippen LogP contribution in [-0.4, -0.2) is 27.8 Å². The first-order chi connectivity index (χ1) is 8.61. The van der Waals surface area contributed by atoms with Gasteiger partial charge in [-0.1, -0.05) is 0 Å². The highest BCUT2D eigenvalue weighted by Crippen LogP contribution is 2.30. The average Bonchev–Trinajstić information content (AvgIpc) is 2.76. The molecule has 94 valence electrons. The van der Waals surface area contributed by atoms with Crippen molar-refractivity contribution in [3.8, 4) is 0 Å². The molecule has 2 aromatic rings. The predicted molar refractivity (Wildman–Crippen MR) is 67.3 cm³/mol. The molecule has 1 aromatic heterocycles. The number of rotatable bonds is 3. The van der Waals surface area contributed by atoms with Crippen molar-refractivity contribution in [1.29, 1.82) is 0 Å². The van der Waals surface area contributed by atoms with Gasteiger partial charge in [0.25, 0.3) is 0 Å². The zero-order valence-corrected chi connectivity index (χ0v) is 10.8.